The first-order valence-corrected chi connectivity index (χ1v) is 16.4. The lowest BCUT2D eigenvalue weighted by molar-refractivity contribution is -0.192. The van der Waals surface area contributed by atoms with Crippen molar-refractivity contribution in [3.8, 4) is 5.75 Å². The lowest BCUT2D eigenvalue weighted by Crippen LogP contribution is -2.38. The number of ether oxygens (including phenoxy) is 1. The number of alkyl halides is 4. The van der Waals surface area contributed by atoms with Crippen LogP contribution < -0.4 is 9.46 Å². The van der Waals surface area contributed by atoms with E-state index in [2.05, 4.69) is 11.8 Å². The van der Waals surface area contributed by atoms with Crippen molar-refractivity contribution in [2.24, 2.45) is 5.92 Å². The van der Waals surface area contributed by atoms with Crippen LogP contribution in [0.15, 0.2) is 30.3 Å². The van der Waals surface area contributed by atoms with Crippen LogP contribution in [0.25, 0.3) is 0 Å². The first kappa shape index (κ1) is 35.2. The number of aliphatic carboxylic acids is 1. The molecule has 0 bridgehead atoms. The molecule has 8 nitrogen and oxygen atoms in total. The van der Waals surface area contributed by atoms with Crippen LogP contribution in [-0.2, 0) is 14.8 Å². The van der Waals surface area contributed by atoms with Gasteiger partial charge in [-0.25, -0.2) is 26.7 Å². The smallest absolute Gasteiger partial charge is 0.490 e. The normalized spacial score (nSPS) is 19.2. The second-order valence-electron chi connectivity index (χ2n) is 11.4. The number of carboxylic acid groups (broad SMARTS) is 1. The van der Waals surface area contributed by atoms with Gasteiger partial charge in [-0.2, -0.15) is 13.2 Å². The van der Waals surface area contributed by atoms with Crippen LogP contribution in [0, 0.1) is 11.7 Å². The minimum Gasteiger partial charge on any atom is -0.493 e. The Morgan fingerprint density at radius 1 is 1.07 bits per heavy atom. The zero-order valence-electron chi connectivity index (χ0n) is 24.0. The molecule has 1 atom stereocenters. The molecule has 3 aliphatic rings. The zero-order chi connectivity index (χ0) is 33.3. The van der Waals surface area contributed by atoms with Gasteiger partial charge >= 0.3 is 12.1 Å². The largest absolute Gasteiger partial charge is 0.493 e. The van der Waals surface area contributed by atoms with Gasteiger partial charge in [-0.15, -0.1) is 0 Å². The van der Waals surface area contributed by atoms with Gasteiger partial charge in [-0.3, -0.25) is 9.69 Å². The van der Waals surface area contributed by atoms with E-state index in [1.54, 1.807) is 10.8 Å². The first-order chi connectivity index (χ1) is 20.9. The maximum absolute atomic E-state index is 14.9. The summed E-state index contributed by atoms with van der Waals surface area (Å²) in [5.41, 5.74) is 1.33. The van der Waals surface area contributed by atoms with E-state index in [1.165, 1.54) is 6.07 Å². The molecule has 2 aromatic carbocycles. The third-order valence-electron chi connectivity index (χ3n) is 7.99. The van der Waals surface area contributed by atoms with Crippen molar-refractivity contribution < 1.29 is 49.8 Å². The molecule has 1 aliphatic heterocycles. The summed E-state index contributed by atoms with van der Waals surface area (Å²) in [5.74, 6) is -4.04. The number of hydrogen-bond donors (Lipinski definition) is 2. The Balaban J connectivity index is 0.000000591. The number of likely N-dealkylation sites (tertiary alicyclic amines) is 1. The number of nitrogens with one attached hydrogen (secondary N) is 1. The number of hydrogen-bond acceptors (Lipinski definition) is 6. The third kappa shape index (κ3) is 8.99. The number of benzene rings is 2. The molecule has 45 heavy (non-hydrogen) atoms. The number of carbonyl (C=O) groups is 2. The first-order valence-electron chi connectivity index (χ1n) is 14.1. The predicted octanol–water partition coefficient (Wildman–Crippen LogP) is 7.01. The van der Waals surface area contributed by atoms with E-state index in [9.17, 15) is 35.2 Å². The van der Waals surface area contributed by atoms with E-state index in [1.807, 2.05) is 12.1 Å². The summed E-state index contributed by atoms with van der Waals surface area (Å²) < 4.78 is 92.7. The average molecular weight is 702 g/mol. The number of rotatable bonds is 9. The van der Waals surface area contributed by atoms with Crippen molar-refractivity contribution in [2.45, 2.75) is 68.6 Å². The summed E-state index contributed by atoms with van der Waals surface area (Å²) in [7, 11) is -4.52. The fraction of sp³-hybridized carbons (Fsp3) is 0.517. The van der Waals surface area contributed by atoms with Crippen LogP contribution in [0.4, 0.5) is 22.0 Å². The molecule has 3 fully saturated rings. The second kappa shape index (κ2) is 13.6. The zero-order valence-corrected chi connectivity index (χ0v) is 26.3. The van der Waals surface area contributed by atoms with Crippen LogP contribution in [0.5, 0.6) is 5.75 Å². The number of sulfonamides is 1. The molecular weight excluding hydrogens is 670 g/mol. The monoisotopic (exact) mass is 700 g/mol. The van der Waals surface area contributed by atoms with Crippen molar-refractivity contribution in [1.29, 1.82) is 0 Å². The summed E-state index contributed by atoms with van der Waals surface area (Å²) >= 11 is 12.3. The molecule has 2 saturated carbocycles. The average Bonchev–Trinajstić information content (AvgIpc) is 3.88. The molecule has 2 N–H and O–H groups in total. The minimum absolute atomic E-state index is 0.122. The van der Waals surface area contributed by atoms with Crippen molar-refractivity contribution >= 4 is 45.1 Å². The van der Waals surface area contributed by atoms with E-state index >= 15 is 0 Å². The molecule has 248 valence electrons. The topological polar surface area (TPSA) is 113 Å². The molecule has 2 aliphatic carbocycles. The van der Waals surface area contributed by atoms with Crippen LogP contribution in [-0.4, -0.2) is 61.2 Å². The number of carbonyl (C=O) groups excluding carboxylic acids is 1. The fourth-order valence-electron chi connectivity index (χ4n) is 4.96. The van der Waals surface area contributed by atoms with Gasteiger partial charge in [0.15, 0.2) is 0 Å². The van der Waals surface area contributed by atoms with Gasteiger partial charge in [-0.05, 0) is 92.9 Å². The molecular formula is C29H31Cl2F5N2O6S. The fourth-order valence-corrected chi connectivity index (χ4v) is 6.68. The SMILES string of the molecule is C[C@@H](c1cc(Cl)cc(Cl)c1)N1CCC(COc2cc(F)c(C(=O)NS(=O)(=O)C3(F)CC3)cc2C2CC2)CC1.O=C(O)C(F)(F)F. The van der Waals surface area contributed by atoms with Gasteiger partial charge in [0.25, 0.3) is 15.9 Å². The molecule has 5 rings (SSSR count). The Hall–Kier alpha value is -2.68. The highest BCUT2D eigenvalue weighted by Gasteiger charge is 2.56. The molecule has 0 aromatic heterocycles. The van der Waals surface area contributed by atoms with Crippen LogP contribution in [0.1, 0.15) is 78.9 Å². The molecule has 0 unspecified atom stereocenters. The number of halogens is 7. The van der Waals surface area contributed by atoms with Crippen molar-refractivity contribution in [3.63, 3.8) is 0 Å². The highest BCUT2D eigenvalue weighted by molar-refractivity contribution is 7.91. The van der Waals surface area contributed by atoms with Gasteiger partial charge in [-0.1, -0.05) is 23.2 Å². The van der Waals surface area contributed by atoms with E-state index in [-0.39, 0.29) is 30.7 Å². The van der Waals surface area contributed by atoms with Crippen molar-refractivity contribution in [3.05, 3.63) is 62.9 Å². The molecule has 0 spiro atoms. The van der Waals surface area contributed by atoms with E-state index in [4.69, 9.17) is 37.8 Å². The Kier molecular flexibility index (Phi) is 10.6. The predicted molar refractivity (Wildman–Crippen MR) is 156 cm³/mol. The molecule has 1 saturated heterocycles. The van der Waals surface area contributed by atoms with Gasteiger partial charge in [0.1, 0.15) is 11.6 Å². The van der Waals surface area contributed by atoms with Crippen molar-refractivity contribution in [2.75, 3.05) is 19.7 Å². The van der Waals surface area contributed by atoms with Crippen molar-refractivity contribution in [1.82, 2.24) is 9.62 Å². The molecule has 2 aromatic rings. The second-order valence-corrected chi connectivity index (χ2v) is 14.2. The summed E-state index contributed by atoms with van der Waals surface area (Å²) in [5, 5.41) is 5.90. The summed E-state index contributed by atoms with van der Waals surface area (Å²) in [6.07, 6.45) is -1.88. The van der Waals surface area contributed by atoms with E-state index < -0.39 is 44.5 Å². The highest BCUT2D eigenvalue weighted by Crippen LogP contribution is 2.46. The van der Waals surface area contributed by atoms with Gasteiger partial charge in [0.2, 0.25) is 5.00 Å². The Morgan fingerprint density at radius 3 is 2.11 bits per heavy atom. The maximum Gasteiger partial charge on any atom is 0.490 e. The standard InChI is InChI=1S/C27H30Cl2F2N2O4S.C2HF3O2/c1-16(19-10-20(28)12-21(29)11-19)33-8-4-17(5-9-33)15-37-25-14-24(30)23(13-22(25)18-2-3-18)26(34)32-38(35,36)27(31)6-7-27;3-2(4,5)1(6)7/h10-14,16-18H,2-9,15H2,1H3,(H,32,34);(H,6,7)/t16-;/m0./s1. The van der Waals surface area contributed by atoms with Gasteiger partial charge < -0.3 is 9.84 Å². The lowest BCUT2D eigenvalue weighted by Gasteiger charge is -2.36. The Morgan fingerprint density at radius 2 is 1.62 bits per heavy atom. The van der Waals surface area contributed by atoms with Gasteiger partial charge in [0, 0.05) is 35.0 Å². The number of nitrogens with zero attached hydrogens (tertiary/aromatic N) is 1. The lowest BCUT2D eigenvalue weighted by atomic mass is 9.95. The number of amides is 1. The van der Waals surface area contributed by atoms with Crippen LogP contribution in [0.2, 0.25) is 10.0 Å². The van der Waals surface area contributed by atoms with Crippen LogP contribution in [0.3, 0.4) is 0 Å². The number of carboxylic acids is 1. The minimum atomic E-state index is -5.08. The summed E-state index contributed by atoms with van der Waals surface area (Å²) in [6, 6.07) is 8.25. The van der Waals surface area contributed by atoms with E-state index in [0.717, 1.165) is 50.4 Å². The quantitative estimate of drug-likeness (QED) is 0.271. The summed E-state index contributed by atoms with van der Waals surface area (Å²) in [6.45, 7) is 4.28. The highest BCUT2D eigenvalue weighted by atomic mass is 35.5. The molecule has 0 radical (unpaired) electrons. The van der Waals surface area contributed by atoms with E-state index in [0.29, 0.717) is 28.0 Å². The van der Waals surface area contributed by atoms with Crippen LogP contribution >= 0.6 is 23.2 Å². The maximum atomic E-state index is 14.9. The number of piperidine rings is 1. The summed E-state index contributed by atoms with van der Waals surface area (Å²) in [4.78, 5) is 23.8. The molecule has 1 amide bonds. The Bertz CT molecular complexity index is 1520. The third-order valence-corrected chi connectivity index (χ3v) is 10.3. The van der Waals surface area contributed by atoms with Gasteiger partial charge in [0.05, 0.1) is 12.2 Å². The molecule has 1 heterocycles. The Labute approximate surface area is 266 Å². The molecule has 16 heteroatoms.